The van der Waals surface area contributed by atoms with Crippen molar-refractivity contribution in [1.29, 1.82) is 0 Å². The molecule has 0 fully saturated rings. The first-order chi connectivity index (χ1) is 14.8. The van der Waals surface area contributed by atoms with Gasteiger partial charge < -0.3 is 9.73 Å². The van der Waals surface area contributed by atoms with Gasteiger partial charge in [0.25, 0.3) is 0 Å². The zero-order valence-corrected chi connectivity index (χ0v) is 17.3. The molecular weight excluding hydrogens is 394 g/mol. The minimum atomic E-state index is -0.263. The van der Waals surface area contributed by atoms with Gasteiger partial charge in [-0.1, -0.05) is 54.1 Å². The van der Waals surface area contributed by atoms with E-state index in [9.17, 15) is 0 Å². The molecule has 4 aromatic rings. The molecule has 1 aliphatic carbocycles. The molecule has 3 aromatic carbocycles. The minimum Gasteiger partial charge on any atom is -0.418 e. The summed E-state index contributed by atoms with van der Waals surface area (Å²) >= 11 is 6.13. The smallest absolute Gasteiger partial charge is 0.247 e. The molecule has 5 rings (SSSR count). The molecule has 4 nitrogen and oxygen atoms in total. The van der Waals surface area contributed by atoms with Crippen LogP contribution < -0.4 is 5.32 Å². The Morgan fingerprint density at radius 1 is 0.833 bits per heavy atom. The summed E-state index contributed by atoms with van der Waals surface area (Å²) in [6, 6.07) is 23.8. The second-order valence-corrected chi connectivity index (χ2v) is 8.03. The molecule has 0 aliphatic heterocycles. The van der Waals surface area contributed by atoms with E-state index in [-0.39, 0.29) is 6.04 Å². The highest BCUT2D eigenvalue weighted by Gasteiger charge is 2.23. The predicted molar refractivity (Wildman–Crippen MR) is 120 cm³/mol. The van der Waals surface area contributed by atoms with E-state index in [1.807, 2.05) is 54.6 Å². The number of rotatable bonds is 5. The zero-order chi connectivity index (χ0) is 20.3. The summed E-state index contributed by atoms with van der Waals surface area (Å²) in [6.45, 7) is 0. The van der Waals surface area contributed by atoms with Gasteiger partial charge in [0, 0.05) is 16.3 Å². The van der Waals surface area contributed by atoms with E-state index in [2.05, 4.69) is 33.7 Å². The van der Waals surface area contributed by atoms with E-state index >= 15 is 0 Å². The maximum Gasteiger partial charge on any atom is 0.247 e. The Morgan fingerprint density at radius 3 is 2.47 bits per heavy atom. The van der Waals surface area contributed by atoms with Crippen LogP contribution in [-0.2, 0) is 12.8 Å². The van der Waals surface area contributed by atoms with Gasteiger partial charge >= 0.3 is 0 Å². The third kappa shape index (κ3) is 3.83. The van der Waals surface area contributed by atoms with E-state index in [4.69, 9.17) is 16.0 Å². The summed E-state index contributed by atoms with van der Waals surface area (Å²) in [5.74, 6) is 1.05. The molecule has 1 N–H and O–H groups in total. The Labute approximate surface area is 180 Å². The van der Waals surface area contributed by atoms with E-state index in [0.717, 1.165) is 29.7 Å². The Kier molecular flexibility index (Phi) is 5.24. The molecule has 150 valence electrons. The van der Waals surface area contributed by atoms with Gasteiger partial charge in [0.05, 0.1) is 0 Å². The number of halogens is 1. The van der Waals surface area contributed by atoms with Crippen LogP contribution in [0.25, 0.3) is 11.5 Å². The summed E-state index contributed by atoms with van der Waals surface area (Å²) in [7, 11) is 0. The van der Waals surface area contributed by atoms with Gasteiger partial charge in [-0.2, -0.15) is 0 Å². The van der Waals surface area contributed by atoms with Gasteiger partial charge in [0.15, 0.2) is 0 Å². The Balaban J connectivity index is 1.54. The van der Waals surface area contributed by atoms with Crippen LogP contribution in [0.5, 0.6) is 0 Å². The fraction of sp³-hybridized carbons (Fsp3) is 0.200. The first-order valence-corrected chi connectivity index (χ1v) is 10.7. The van der Waals surface area contributed by atoms with Crippen molar-refractivity contribution >= 4 is 17.3 Å². The molecule has 0 saturated heterocycles. The van der Waals surface area contributed by atoms with Crippen molar-refractivity contribution in [3.63, 3.8) is 0 Å². The van der Waals surface area contributed by atoms with Gasteiger partial charge in [0.1, 0.15) is 6.04 Å². The number of benzene rings is 3. The van der Waals surface area contributed by atoms with Crippen LogP contribution in [0.2, 0.25) is 5.02 Å². The normalized spacial score (nSPS) is 14.2. The van der Waals surface area contributed by atoms with Crippen molar-refractivity contribution in [2.75, 3.05) is 5.32 Å². The molecule has 1 aliphatic rings. The van der Waals surface area contributed by atoms with Crippen LogP contribution in [0.15, 0.2) is 77.2 Å². The standard InChI is InChI=1S/C25H22ClN3O/c26-20-15-13-18(14-16-20)23(25-29-28-24(30-25)19-8-2-1-3-9-19)27-22-12-6-10-17-7-4-5-11-21(17)22/h1-3,6,8-10,12-16,23,27H,4-5,7,11H2/t23-/m1/s1. The van der Waals surface area contributed by atoms with Crippen molar-refractivity contribution in [3.05, 3.63) is 100 Å². The SMILES string of the molecule is Clc1ccc([C@@H](Nc2cccc3c2CCCC3)c2nnc(-c3ccccc3)o2)cc1. The van der Waals surface area contributed by atoms with E-state index < -0.39 is 0 Å². The average Bonchev–Trinajstić information content (AvgIpc) is 3.29. The topological polar surface area (TPSA) is 51.0 Å². The molecule has 30 heavy (non-hydrogen) atoms. The molecule has 5 heteroatoms. The second kappa shape index (κ2) is 8.33. The Bertz CT molecular complexity index is 1140. The highest BCUT2D eigenvalue weighted by Crippen LogP contribution is 2.33. The lowest BCUT2D eigenvalue weighted by atomic mass is 9.90. The molecule has 1 atom stereocenters. The van der Waals surface area contributed by atoms with Crippen molar-refractivity contribution in [3.8, 4) is 11.5 Å². The van der Waals surface area contributed by atoms with E-state index in [1.165, 1.54) is 24.0 Å². The number of nitrogens with one attached hydrogen (secondary N) is 1. The second-order valence-electron chi connectivity index (χ2n) is 7.59. The largest absolute Gasteiger partial charge is 0.418 e. The maximum atomic E-state index is 6.13. The molecule has 1 aromatic heterocycles. The van der Waals surface area contributed by atoms with Crippen LogP contribution in [0.4, 0.5) is 5.69 Å². The number of aryl methyl sites for hydroxylation is 1. The highest BCUT2D eigenvalue weighted by atomic mass is 35.5. The van der Waals surface area contributed by atoms with Gasteiger partial charge in [0.2, 0.25) is 11.8 Å². The van der Waals surface area contributed by atoms with Crippen LogP contribution in [0, 0.1) is 0 Å². The molecule has 0 bridgehead atoms. The van der Waals surface area contributed by atoms with E-state index in [1.54, 1.807) is 0 Å². The molecule has 0 unspecified atom stereocenters. The molecule has 0 saturated carbocycles. The average molecular weight is 416 g/mol. The van der Waals surface area contributed by atoms with Crippen LogP contribution in [-0.4, -0.2) is 10.2 Å². The van der Waals surface area contributed by atoms with Gasteiger partial charge in [-0.05, 0) is 72.7 Å². The summed E-state index contributed by atoms with van der Waals surface area (Å²) < 4.78 is 6.12. The monoisotopic (exact) mass is 415 g/mol. The fourth-order valence-corrected chi connectivity index (χ4v) is 4.19. The minimum absolute atomic E-state index is 0.263. The molecule has 1 heterocycles. The van der Waals surface area contributed by atoms with Gasteiger partial charge in [-0.25, -0.2) is 0 Å². The number of anilines is 1. The Hall–Kier alpha value is -3.11. The summed E-state index contributed by atoms with van der Waals surface area (Å²) in [4.78, 5) is 0. The molecule has 0 radical (unpaired) electrons. The summed E-state index contributed by atoms with van der Waals surface area (Å²) in [5.41, 5.74) is 5.88. The van der Waals surface area contributed by atoms with Gasteiger partial charge in [-0.15, -0.1) is 10.2 Å². The quantitative estimate of drug-likeness (QED) is 0.405. The maximum absolute atomic E-state index is 6.13. The predicted octanol–water partition coefficient (Wildman–Crippen LogP) is 6.47. The van der Waals surface area contributed by atoms with Crippen molar-refractivity contribution in [2.24, 2.45) is 0 Å². The number of fused-ring (bicyclic) bond motifs is 1. The number of hydrogen-bond acceptors (Lipinski definition) is 4. The summed E-state index contributed by atoms with van der Waals surface area (Å²) in [5, 5.41) is 13.1. The lowest BCUT2D eigenvalue weighted by Gasteiger charge is -2.23. The molecule has 0 amide bonds. The lowest BCUT2D eigenvalue weighted by molar-refractivity contribution is 0.494. The van der Waals surface area contributed by atoms with E-state index in [0.29, 0.717) is 16.8 Å². The number of nitrogens with zero attached hydrogens (tertiary/aromatic N) is 2. The number of aromatic nitrogens is 2. The number of hydrogen-bond donors (Lipinski definition) is 1. The fourth-order valence-electron chi connectivity index (χ4n) is 4.06. The van der Waals surface area contributed by atoms with Crippen LogP contribution in [0.1, 0.15) is 41.5 Å². The van der Waals surface area contributed by atoms with Crippen molar-refractivity contribution < 1.29 is 4.42 Å². The van der Waals surface area contributed by atoms with Crippen LogP contribution in [0.3, 0.4) is 0 Å². The van der Waals surface area contributed by atoms with Crippen molar-refractivity contribution in [1.82, 2.24) is 10.2 Å². The molecule has 0 spiro atoms. The third-order valence-electron chi connectivity index (χ3n) is 5.61. The summed E-state index contributed by atoms with van der Waals surface area (Å²) in [6.07, 6.45) is 4.69. The molecular formula is C25H22ClN3O. The third-order valence-corrected chi connectivity index (χ3v) is 5.86. The first-order valence-electron chi connectivity index (χ1n) is 10.3. The van der Waals surface area contributed by atoms with Crippen molar-refractivity contribution in [2.45, 2.75) is 31.7 Å². The zero-order valence-electron chi connectivity index (χ0n) is 16.5. The van der Waals surface area contributed by atoms with Crippen LogP contribution >= 0.6 is 11.6 Å². The first kappa shape index (κ1) is 18.9. The lowest BCUT2D eigenvalue weighted by Crippen LogP contribution is -2.16. The highest BCUT2D eigenvalue weighted by molar-refractivity contribution is 6.30. The van der Waals surface area contributed by atoms with Gasteiger partial charge in [-0.3, -0.25) is 0 Å². The Morgan fingerprint density at radius 2 is 1.63 bits per heavy atom.